The number of anilines is 1. The Morgan fingerprint density at radius 1 is 0.895 bits per heavy atom. The van der Waals surface area contributed by atoms with Crippen molar-refractivity contribution in [2.45, 2.75) is 18.7 Å². The van der Waals surface area contributed by atoms with Crippen LogP contribution >= 0.6 is 0 Å². The number of hydrogen-bond donors (Lipinski definition) is 1. The molecule has 0 unspecified atom stereocenters. The maximum atomic E-state index is 13.7. The molecule has 202 valence electrons. The van der Waals surface area contributed by atoms with Gasteiger partial charge in [0.05, 0.1) is 44.7 Å². The van der Waals surface area contributed by atoms with E-state index in [2.05, 4.69) is 10.5 Å². The number of nitrogens with one attached hydrogen (secondary N) is 1. The van der Waals surface area contributed by atoms with Gasteiger partial charge in [0.1, 0.15) is 6.54 Å². The van der Waals surface area contributed by atoms with Crippen molar-refractivity contribution in [2.75, 3.05) is 38.8 Å². The maximum absolute atomic E-state index is 13.7. The van der Waals surface area contributed by atoms with Crippen LogP contribution in [-0.4, -0.2) is 55.0 Å². The van der Waals surface area contributed by atoms with E-state index in [0.717, 1.165) is 9.87 Å². The van der Waals surface area contributed by atoms with Crippen molar-refractivity contribution >= 4 is 27.8 Å². The van der Waals surface area contributed by atoms with Gasteiger partial charge in [-0.1, -0.05) is 17.7 Å². The molecule has 0 aliphatic heterocycles. The molecule has 3 aromatic rings. The lowest BCUT2D eigenvalue weighted by Crippen LogP contribution is -2.39. The van der Waals surface area contributed by atoms with Crippen LogP contribution in [0.4, 0.5) is 5.69 Å². The molecule has 38 heavy (non-hydrogen) atoms. The predicted octanol–water partition coefficient (Wildman–Crippen LogP) is 3.77. The molecule has 3 rings (SSSR count). The summed E-state index contributed by atoms with van der Waals surface area (Å²) in [6, 6.07) is 16.2. The number of aryl methyl sites for hydroxylation is 1. The Bertz CT molecular complexity index is 1390. The van der Waals surface area contributed by atoms with E-state index in [0.29, 0.717) is 35.1 Å². The molecule has 1 amide bonds. The van der Waals surface area contributed by atoms with Crippen molar-refractivity contribution in [3.63, 3.8) is 0 Å². The summed E-state index contributed by atoms with van der Waals surface area (Å²) in [5, 5.41) is 3.99. The number of hydrazone groups is 1. The predicted molar refractivity (Wildman–Crippen MR) is 145 cm³/mol. The molecule has 0 fully saturated rings. The number of hydrogen-bond acceptors (Lipinski definition) is 8. The van der Waals surface area contributed by atoms with Gasteiger partial charge in [-0.3, -0.25) is 9.10 Å². The normalized spacial score (nSPS) is 11.2. The smallest absolute Gasteiger partial charge is 0.264 e. The molecule has 0 aromatic heterocycles. The molecule has 0 spiro atoms. The molecule has 11 heteroatoms. The van der Waals surface area contributed by atoms with Gasteiger partial charge in [0.15, 0.2) is 23.0 Å². The second-order valence-electron chi connectivity index (χ2n) is 8.00. The highest BCUT2D eigenvalue weighted by molar-refractivity contribution is 7.92. The lowest BCUT2D eigenvalue weighted by atomic mass is 10.2. The summed E-state index contributed by atoms with van der Waals surface area (Å²) < 4.78 is 49.6. The standard InChI is InChI=1S/C27H31N3O7S/c1-6-37-26-15-20(9-13-24(26)35-4)17-28-29-27(31)18-30(21-10-7-19(2)8-11-21)38(32,33)22-12-14-23(34-3)25(16-22)36-5/h7-17H,6,18H2,1-5H3,(H,29,31)/b28-17-. The fourth-order valence-corrected chi connectivity index (χ4v) is 4.95. The van der Waals surface area contributed by atoms with E-state index in [4.69, 9.17) is 18.9 Å². The van der Waals surface area contributed by atoms with Crippen LogP contribution in [0.3, 0.4) is 0 Å². The number of amides is 1. The molecule has 0 bridgehead atoms. The van der Waals surface area contributed by atoms with Crippen molar-refractivity contribution in [1.82, 2.24) is 5.43 Å². The number of sulfonamides is 1. The number of methoxy groups -OCH3 is 3. The van der Waals surface area contributed by atoms with Crippen molar-refractivity contribution in [1.29, 1.82) is 0 Å². The Kier molecular flexibility index (Phi) is 9.55. The lowest BCUT2D eigenvalue weighted by Gasteiger charge is -2.24. The summed E-state index contributed by atoms with van der Waals surface area (Å²) in [7, 11) is 0.253. The van der Waals surface area contributed by atoms with Crippen molar-refractivity contribution in [3.8, 4) is 23.0 Å². The first-order valence-corrected chi connectivity index (χ1v) is 13.1. The van der Waals surface area contributed by atoms with Crippen LogP contribution in [0.25, 0.3) is 0 Å². The highest BCUT2D eigenvalue weighted by Crippen LogP contribution is 2.32. The van der Waals surface area contributed by atoms with Gasteiger partial charge in [0, 0.05) is 6.07 Å². The van der Waals surface area contributed by atoms with Gasteiger partial charge in [-0.15, -0.1) is 0 Å². The summed E-state index contributed by atoms with van der Waals surface area (Å²) >= 11 is 0. The van der Waals surface area contributed by atoms with Gasteiger partial charge < -0.3 is 18.9 Å². The van der Waals surface area contributed by atoms with Crippen LogP contribution in [0.2, 0.25) is 0 Å². The van der Waals surface area contributed by atoms with Gasteiger partial charge in [-0.25, -0.2) is 13.8 Å². The number of benzene rings is 3. The summed E-state index contributed by atoms with van der Waals surface area (Å²) in [5.74, 6) is 1.10. The zero-order valence-electron chi connectivity index (χ0n) is 21.9. The summed E-state index contributed by atoms with van der Waals surface area (Å²) in [6.45, 7) is 3.69. The molecule has 10 nitrogen and oxygen atoms in total. The largest absolute Gasteiger partial charge is 0.493 e. The SMILES string of the molecule is CCOc1cc(/C=N\NC(=O)CN(c2ccc(C)cc2)S(=O)(=O)c2ccc(OC)c(OC)c2)ccc1OC. The van der Waals surface area contributed by atoms with E-state index in [9.17, 15) is 13.2 Å². The van der Waals surface area contributed by atoms with Crippen LogP contribution in [0.5, 0.6) is 23.0 Å². The van der Waals surface area contributed by atoms with Gasteiger partial charge in [0.2, 0.25) is 0 Å². The molecule has 0 aliphatic carbocycles. The zero-order valence-corrected chi connectivity index (χ0v) is 22.7. The van der Waals surface area contributed by atoms with Gasteiger partial charge in [-0.05, 0) is 61.9 Å². The molecule has 0 saturated heterocycles. The Labute approximate surface area is 222 Å². The first-order chi connectivity index (χ1) is 18.2. The van der Waals surface area contributed by atoms with E-state index in [1.807, 2.05) is 13.8 Å². The van der Waals surface area contributed by atoms with Crippen LogP contribution in [-0.2, 0) is 14.8 Å². The second kappa shape index (κ2) is 12.8. The monoisotopic (exact) mass is 541 g/mol. The van der Waals surface area contributed by atoms with Crippen LogP contribution in [0, 0.1) is 6.92 Å². The molecule has 3 aromatic carbocycles. The number of nitrogens with zero attached hydrogens (tertiary/aromatic N) is 2. The van der Waals surface area contributed by atoms with E-state index in [1.54, 1.807) is 49.6 Å². The topological polar surface area (TPSA) is 116 Å². The summed E-state index contributed by atoms with van der Waals surface area (Å²) in [6.07, 6.45) is 1.43. The molecule has 0 saturated carbocycles. The molecular weight excluding hydrogens is 510 g/mol. The minimum absolute atomic E-state index is 0.0614. The van der Waals surface area contributed by atoms with Crippen molar-refractivity contribution in [2.24, 2.45) is 5.10 Å². The molecule has 1 N–H and O–H groups in total. The molecular formula is C27H31N3O7S. The Balaban J connectivity index is 1.85. The first kappa shape index (κ1) is 28.3. The number of carbonyl (C=O) groups is 1. The third-order valence-corrected chi connectivity index (χ3v) is 7.21. The third-order valence-electron chi connectivity index (χ3n) is 5.44. The molecule has 0 radical (unpaired) electrons. The average molecular weight is 542 g/mol. The van der Waals surface area contributed by atoms with Gasteiger partial charge in [0.25, 0.3) is 15.9 Å². The minimum atomic E-state index is -4.16. The van der Waals surface area contributed by atoms with E-state index >= 15 is 0 Å². The molecule has 0 heterocycles. The summed E-state index contributed by atoms with van der Waals surface area (Å²) in [4.78, 5) is 12.8. The highest BCUT2D eigenvalue weighted by Gasteiger charge is 2.28. The van der Waals surface area contributed by atoms with E-state index in [1.165, 1.54) is 38.6 Å². The maximum Gasteiger partial charge on any atom is 0.264 e. The average Bonchev–Trinajstić information content (AvgIpc) is 2.92. The highest BCUT2D eigenvalue weighted by atomic mass is 32.2. The fraction of sp³-hybridized carbons (Fsp3) is 0.259. The Morgan fingerprint density at radius 2 is 1.53 bits per heavy atom. The van der Waals surface area contributed by atoms with Crippen molar-refractivity contribution < 1.29 is 32.2 Å². The number of carbonyl (C=O) groups excluding carboxylic acids is 1. The quantitative estimate of drug-likeness (QED) is 0.274. The molecule has 0 atom stereocenters. The summed E-state index contributed by atoms with van der Waals surface area (Å²) in [5.41, 5.74) is 4.31. The van der Waals surface area contributed by atoms with E-state index < -0.39 is 22.5 Å². The number of ether oxygens (including phenoxy) is 4. The van der Waals surface area contributed by atoms with Gasteiger partial charge >= 0.3 is 0 Å². The Hall–Kier alpha value is -4.25. The van der Waals surface area contributed by atoms with Crippen molar-refractivity contribution in [3.05, 3.63) is 71.8 Å². The molecule has 0 aliphatic rings. The lowest BCUT2D eigenvalue weighted by molar-refractivity contribution is -0.119. The second-order valence-corrected chi connectivity index (χ2v) is 9.86. The first-order valence-electron chi connectivity index (χ1n) is 11.7. The fourth-order valence-electron chi connectivity index (χ4n) is 3.52. The van der Waals surface area contributed by atoms with Crippen LogP contribution < -0.4 is 28.7 Å². The Morgan fingerprint density at radius 3 is 2.16 bits per heavy atom. The third kappa shape index (κ3) is 6.74. The number of rotatable bonds is 12. The van der Waals surface area contributed by atoms with E-state index in [-0.39, 0.29) is 10.6 Å². The van der Waals surface area contributed by atoms with Crippen LogP contribution in [0.1, 0.15) is 18.1 Å². The van der Waals surface area contributed by atoms with Gasteiger partial charge in [-0.2, -0.15) is 5.10 Å². The zero-order chi connectivity index (χ0) is 27.7. The van der Waals surface area contributed by atoms with Crippen LogP contribution in [0.15, 0.2) is 70.7 Å². The minimum Gasteiger partial charge on any atom is -0.493 e.